The second kappa shape index (κ2) is 7.32. The molecule has 2 rings (SSSR count). The smallest absolute Gasteiger partial charge is 0.343 e. The lowest BCUT2D eigenvalue weighted by Crippen LogP contribution is -2.12. The van der Waals surface area contributed by atoms with E-state index in [0.717, 1.165) is 18.6 Å². The molecule has 23 heavy (non-hydrogen) atoms. The first-order valence-electron chi connectivity index (χ1n) is 7.13. The van der Waals surface area contributed by atoms with Crippen molar-refractivity contribution in [3.63, 3.8) is 0 Å². The molecule has 1 aromatic carbocycles. The third kappa shape index (κ3) is 4.24. The fourth-order valence-corrected chi connectivity index (χ4v) is 2.42. The third-order valence-electron chi connectivity index (χ3n) is 3.48. The second-order valence-electron chi connectivity index (χ2n) is 5.29. The van der Waals surface area contributed by atoms with Gasteiger partial charge in [0.05, 0.1) is 22.7 Å². The lowest BCUT2D eigenvalue weighted by Gasteiger charge is -2.09. The predicted molar refractivity (Wildman–Crippen MR) is 88.7 cm³/mol. The molecule has 0 saturated heterocycles. The van der Waals surface area contributed by atoms with Crippen LogP contribution in [0.3, 0.4) is 0 Å². The maximum atomic E-state index is 13.6. The number of carbonyl (C=O) groups excluding carboxylic acids is 1. The summed E-state index contributed by atoms with van der Waals surface area (Å²) >= 11 is 11.6. The van der Waals surface area contributed by atoms with Gasteiger partial charge in [0.2, 0.25) is 0 Å². The second-order valence-corrected chi connectivity index (χ2v) is 6.10. The van der Waals surface area contributed by atoms with Crippen molar-refractivity contribution >= 4 is 41.1 Å². The van der Waals surface area contributed by atoms with Gasteiger partial charge in [0.25, 0.3) is 0 Å². The molecule has 0 amide bonds. The summed E-state index contributed by atoms with van der Waals surface area (Å²) in [5, 5.41) is 10.2. The number of benzene rings is 1. The average Bonchev–Trinajstić information content (AvgIpc) is 3.19. The quantitative estimate of drug-likeness (QED) is 0.278. The first kappa shape index (κ1) is 17.8. The van der Waals surface area contributed by atoms with Gasteiger partial charge in [0, 0.05) is 11.8 Å². The molecular weight excluding hydrogens is 344 g/mol. The van der Waals surface area contributed by atoms with Crippen LogP contribution in [0.4, 0.5) is 4.39 Å². The van der Waals surface area contributed by atoms with E-state index in [0.29, 0.717) is 5.92 Å². The van der Waals surface area contributed by atoms with Crippen molar-refractivity contribution in [2.24, 2.45) is 10.9 Å². The summed E-state index contributed by atoms with van der Waals surface area (Å²) in [6.07, 6.45) is 2.17. The lowest BCUT2D eigenvalue weighted by molar-refractivity contribution is -0.137. The molecule has 1 N–H and O–H groups in total. The monoisotopic (exact) mass is 359 g/mol. The van der Waals surface area contributed by atoms with Crippen LogP contribution in [0.2, 0.25) is 10.0 Å². The number of nitrogens with zero attached hydrogens (tertiary/aromatic N) is 1. The summed E-state index contributed by atoms with van der Waals surface area (Å²) in [7, 11) is 0. The summed E-state index contributed by atoms with van der Waals surface area (Å²) < 4.78 is 18.5. The van der Waals surface area contributed by atoms with Gasteiger partial charge in [-0.25, -0.2) is 9.18 Å². The molecule has 2 unspecified atom stereocenters. The topological polar surface area (TPSA) is 58.9 Å². The Hall–Kier alpha value is -1.59. The molecule has 0 aromatic heterocycles. The van der Waals surface area contributed by atoms with Crippen LogP contribution in [0, 0.1) is 11.7 Å². The number of hydrogen-bond donors (Lipinski definition) is 1. The molecule has 0 spiro atoms. The summed E-state index contributed by atoms with van der Waals surface area (Å²) in [5.74, 6) is -1.57. The van der Waals surface area contributed by atoms with Crippen LogP contribution in [0.1, 0.15) is 25.8 Å². The van der Waals surface area contributed by atoms with E-state index in [1.807, 2.05) is 6.92 Å². The normalized spacial score (nSPS) is 21.3. The number of carbonyl (C=O) groups is 1. The van der Waals surface area contributed by atoms with E-state index in [2.05, 4.69) is 4.99 Å². The maximum Gasteiger partial charge on any atom is 0.343 e. The van der Waals surface area contributed by atoms with Crippen molar-refractivity contribution in [2.75, 3.05) is 6.61 Å². The van der Waals surface area contributed by atoms with Crippen molar-refractivity contribution in [1.82, 2.24) is 0 Å². The van der Waals surface area contributed by atoms with Gasteiger partial charge in [-0.2, -0.15) is 0 Å². The third-order valence-corrected chi connectivity index (χ3v) is 4.08. The number of hydrogen-bond acceptors (Lipinski definition) is 4. The highest BCUT2D eigenvalue weighted by atomic mass is 35.5. The number of esters is 1. The number of aliphatic hydroxyl groups is 1. The minimum absolute atomic E-state index is 0.0175. The fourth-order valence-electron chi connectivity index (χ4n) is 1.95. The maximum absolute atomic E-state index is 13.6. The SMILES string of the molecule is CCOC(=O)C(C=NC1CC1C)=C(O)c1cc(F)c(Cl)cc1Cl. The van der Waals surface area contributed by atoms with Crippen LogP contribution >= 0.6 is 23.2 Å². The minimum atomic E-state index is -0.756. The van der Waals surface area contributed by atoms with Crippen LogP contribution in [0.5, 0.6) is 0 Å². The van der Waals surface area contributed by atoms with E-state index in [1.54, 1.807) is 6.92 Å². The largest absolute Gasteiger partial charge is 0.506 e. The number of ether oxygens (including phenoxy) is 1. The summed E-state index contributed by atoms with van der Waals surface area (Å²) in [4.78, 5) is 16.3. The fraction of sp³-hybridized carbons (Fsp3) is 0.375. The zero-order chi connectivity index (χ0) is 17.1. The molecule has 0 heterocycles. The molecular formula is C16H16Cl2FNO3. The molecule has 0 radical (unpaired) electrons. The Kier molecular flexibility index (Phi) is 5.65. The van der Waals surface area contributed by atoms with Crippen LogP contribution in [0.15, 0.2) is 22.7 Å². The average molecular weight is 360 g/mol. The molecule has 2 atom stereocenters. The number of aliphatic hydroxyl groups excluding tert-OH is 1. The van der Waals surface area contributed by atoms with E-state index in [4.69, 9.17) is 27.9 Å². The van der Waals surface area contributed by atoms with Crippen molar-refractivity contribution in [3.05, 3.63) is 39.1 Å². The Bertz CT molecular complexity index is 688. The van der Waals surface area contributed by atoms with Gasteiger partial charge in [-0.05, 0) is 31.4 Å². The van der Waals surface area contributed by atoms with Gasteiger partial charge in [0.15, 0.2) is 0 Å². The molecule has 1 aromatic rings. The standard InChI is InChI=1S/C16H16Cl2FNO3/c1-3-23-16(22)10(7-20-14-4-8(14)2)15(21)9-5-13(19)12(18)6-11(9)17/h5-8,14,21H,3-4H2,1-2H3. The van der Waals surface area contributed by atoms with E-state index >= 15 is 0 Å². The predicted octanol–water partition coefficient (Wildman–Crippen LogP) is 4.44. The molecule has 124 valence electrons. The van der Waals surface area contributed by atoms with Gasteiger partial charge in [-0.15, -0.1) is 0 Å². The highest BCUT2D eigenvalue weighted by molar-refractivity contribution is 6.36. The molecule has 1 aliphatic carbocycles. The summed E-state index contributed by atoms with van der Waals surface area (Å²) in [5.41, 5.74) is -0.221. The van der Waals surface area contributed by atoms with Crippen molar-refractivity contribution in [1.29, 1.82) is 0 Å². The summed E-state index contributed by atoms with van der Waals surface area (Å²) in [6.45, 7) is 3.80. The molecule has 1 saturated carbocycles. The Labute approximate surface area is 143 Å². The minimum Gasteiger partial charge on any atom is -0.506 e. The van der Waals surface area contributed by atoms with Crippen molar-refractivity contribution in [3.8, 4) is 0 Å². The van der Waals surface area contributed by atoms with Crippen LogP contribution in [0.25, 0.3) is 5.76 Å². The number of rotatable bonds is 5. The highest BCUT2D eigenvalue weighted by Crippen LogP contribution is 2.33. The Balaban J connectivity index is 2.45. The van der Waals surface area contributed by atoms with E-state index in [1.165, 1.54) is 6.21 Å². The molecule has 4 nitrogen and oxygen atoms in total. The zero-order valence-corrected chi connectivity index (χ0v) is 14.2. The van der Waals surface area contributed by atoms with E-state index in [9.17, 15) is 14.3 Å². The van der Waals surface area contributed by atoms with E-state index in [-0.39, 0.29) is 33.8 Å². The van der Waals surface area contributed by atoms with E-state index < -0.39 is 17.5 Å². The Morgan fingerprint density at radius 2 is 2.13 bits per heavy atom. The van der Waals surface area contributed by atoms with Crippen LogP contribution < -0.4 is 0 Å². The Morgan fingerprint density at radius 1 is 1.48 bits per heavy atom. The van der Waals surface area contributed by atoms with Gasteiger partial charge in [-0.3, -0.25) is 4.99 Å². The number of aliphatic imine (C=N–C) groups is 1. The van der Waals surface area contributed by atoms with Gasteiger partial charge in [0.1, 0.15) is 17.1 Å². The molecule has 0 aliphatic heterocycles. The summed E-state index contributed by atoms with van der Waals surface area (Å²) in [6, 6.07) is 2.24. The van der Waals surface area contributed by atoms with Crippen LogP contribution in [-0.4, -0.2) is 29.9 Å². The lowest BCUT2D eigenvalue weighted by atomic mass is 10.1. The first-order chi connectivity index (χ1) is 10.8. The molecule has 0 bridgehead atoms. The van der Waals surface area contributed by atoms with Gasteiger partial charge >= 0.3 is 5.97 Å². The highest BCUT2D eigenvalue weighted by Gasteiger charge is 2.32. The van der Waals surface area contributed by atoms with Gasteiger partial charge < -0.3 is 9.84 Å². The van der Waals surface area contributed by atoms with Gasteiger partial charge in [-0.1, -0.05) is 30.1 Å². The van der Waals surface area contributed by atoms with Crippen molar-refractivity contribution in [2.45, 2.75) is 26.3 Å². The Morgan fingerprint density at radius 3 is 2.70 bits per heavy atom. The zero-order valence-electron chi connectivity index (χ0n) is 12.6. The molecule has 1 aliphatic rings. The van der Waals surface area contributed by atoms with Crippen molar-refractivity contribution < 1.29 is 19.0 Å². The van der Waals surface area contributed by atoms with Crippen LogP contribution in [-0.2, 0) is 9.53 Å². The first-order valence-corrected chi connectivity index (χ1v) is 7.89. The molecule has 1 fully saturated rings. The number of halogens is 3. The molecule has 7 heteroatoms.